The summed E-state index contributed by atoms with van der Waals surface area (Å²) in [6, 6.07) is 6.63. The lowest BCUT2D eigenvalue weighted by Gasteiger charge is -2.33. The van der Waals surface area contributed by atoms with Gasteiger partial charge in [-0.15, -0.1) is 0 Å². The third-order valence-corrected chi connectivity index (χ3v) is 4.39. The Bertz CT molecular complexity index is 1350. The molecule has 24 heavy (non-hydrogen) atoms. The highest BCUT2D eigenvalue weighted by atomic mass is 16.5. The Balaban J connectivity index is 1.87. The standard InChI is InChI=1S/C21H17BO2/c1-12-5-7-17-16(8-12)22-15-6-4-13(2)9-18(15)24-20-11-14(3)10-19(23-17)21(20)22/h4-11H,1-3H3/i1D3,2D3,5D,7D,8D. The molecule has 0 unspecified atom stereocenters. The number of rotatable bonds is 0. The average Bonchev–Trinajstić information content (AvgIpc) is 2.69. The number of fused-ring (bicyclic) bond motifs is 4. The Kier molecular flexibility index (Phi) is 1.45. The van der Waals surface area contributed by atoms with Gasteiger partial charge in [0.25, 0.3) is 6.71 Å². The summed E-state index contributed by atoms with van der Waals surface area (Å²) >= 11 is 0. The van der Waals surface area contributed by atoms with Crippen LogP contribution in [0.15, 0.2) is 48.5 Å². The van der Waals surface area contributed by atoms with Gasteiger partial charge in [0.1, 0.15) is 23.0 Å². The van der Waals surface area contributed by atoms with Gasteiger partial charge in [0, 0.05) is 13.7 Å². The molecule has 0 bridgehead atoms. The number of hydrogen-bond acceptors (Lipinski definition) is 2. The molecule has 0 amide bonds. The van der Waals surface area contributed by atoms with Gasteiger partial charge in [-0.1, -0.05) is 29.8 Å². The fourth-order valence-corrected chi connectivity index (χ4v) is 3.42. The molecule has 2 aliphatic rings. The van der Waals surface area contributed by atoms with E-state index in [4.69, 9.17) is 21.8 Å². The minimum atomic E-state index is -2.77. The van der Waals surface area contributed by atoms with E-state index in [2.05, 4.69) is 0 Å². The topological polar surface area (TPSA) is 18.5 Å². The lowest BCUT2D eigenvalue weighted by atomic mass is 9.34. The number of benzene rings is 3. The van der Waals surface area contributed by atoms with Crippen LogP contribution >= 0.6 is 0 Å². The third-order valence-electron chi connectivity index (χ3n) is 4.39. The first-order valence-corrected chi connectivity index (χ1v) is 7.58. The summed E-state index contributed by atoms with van der Waals surface area (Å²) in [4.78, 5) is 0. The second-order valence-electron chi connectivity index (χ2n) is 6.06. The van der Waals surface area contributed by atoms with Crippen molar-refractivity contribution < 1.29 is 21.8 Å². The van der Waals surface area contributed by atoms with Gasteiger partial charge >= 0.3 is 0 Å². The van der Waals surface area contributed by atoms with Gasteiger partial charge < -0.3 is 9.47 Å². The molecule has 0 saturated carbocycles. The molecule has 116 valence electrons. The third kappa shape index (κ3) is 1.84. The molecular formula is C21H17BO2. The van der Waals surface area contributed by atoms with Crippen LogP contribution in [0.3, 0.4) is 0 Å². The van der Waals surface area contributed by atoms with E-state index >= 15 is 0 Å². The molecule has 0 radical (unpaired) electrons. The molecule has 5 rings (SSSR count). The zero-order valence-electron chi connectivity index (χ0n) is 21.8. The van der Waals surface area contributed by atoms with Crippen LogP contribution < -0.4 is 25.9 Å². The molecule has 3 heteroatoms. The van der Waals surface area contributed by atoms with Crippen LogP contribution in [0, 0.1) is 20.6 Å². The van der Waals surface area contributed by atoms with Gasteiger partial charge in [0.15, 0.2) is 0 Å². The first-order chi connectivity index (χ1) is 15.3. The van der Waals surface area contributed by atoms with Crippen molar-refractivity contribution in [2.75, 3.05) is 0 Å². The first kappa shape index (κ1) is 7.48. The highest BCUT2D eigenvalue weighted by molar-refractivity contribution is 6.98. The van der Waals surface area contributed by atoms with Gasteiger partial charge in [-0.2, -0.15) is 0 Å². The lowest BCUT2D eigenvalue weighted by molar-refractivity contribution is 0.463. The molecule has 0 atom stereocenters. The van der Waals surface area contributed by atoms with Gasteiger partial charge in [-0.05, 0) is 66.9 Å². The largest absolute Gasteiger partial charge is 0.458 e. The van der Waals surface area contributed by atoms with E-state index in [1.165, 1.54) is 12.1 Å². The van der Waals surface area contributed by atoms with E-state index in [-0.39, 0.29) is 28.6 Å². The number of hydrogen-bond donors (Lipinski definition) is 0. The maximum atomic E-state index is 8.74. The van der Waals surface area contributed by atoms with Crippen LogP contribution in [0.1, 0.15) is 29.0 Å². The van der Waals surface area contributed by atoms with Crippen molar-refractivity contribution in [3.05, 3.63) is 65.1 Å². The fourth-order valence-electron chi connectivity index (χ4n) is 3.42. The van der Waals surface area contributed by atoms with Gasteiger partial charge in [0.2, 0.25) is 0 Å². The van der Waals surface area contributed by atoms with Crippen molar-refractivity contribution in [1.29, 1.82) is 0 Å². The molecule has 2 nitrogen and oxygen atoms in total. The van der Waals surface area contributed by atoms with Crippen molar-refractivity contribution in [2.24, 2.45) is 0 Å². The average molecular weight is 321 g/mol. The Morgan fingerprint density at radius 3 is 2.38 bits per heavy atom. The summed E-state index contributed by atoms with van der Waals surface area (Å²) in [5.41, 5.74) is 1.63. The molecule has 2 heterocycles. The van der Waals surface area contributed by atoms with Crippen LogP contribution in [-0.2, 0) is 0 Å². The predicted molar refractivity (Wildman–Crippen MR) is 98.3 cm³/mol. The van der Waals surface area contributed by atoms with E-state index in [1.54, 1.807) is 18.2 Å². The molecule has 3 aromatic rings. The molecule has 0 saturated heterocycles. The van der Waals surface area contributed by atoms with Crippen LogP contribution in [0.4, 0.5) is 0 Å². The van der Waals surface area contributed by atoms with E-state index in [9.17, 15) is 0 Å². The van der Waals surface area contributed by atoms with E-state index in [0.29, 0.717) is 22.4 Å². The van der Waals surface area contributed by atoms with Crippen LogP contribution in [0.2, 0.25) is 0 Å². The molecule has 0 aromatic heterocycles. The van der Waals surface area contributed by atoms with Crippen molar-refractivity contribution in [3.8, 4) is 23.0 Å². The number of aryl methyl sites for hydroxylation is 2. The van der Waals surface area contributed by atoms with Crippen LogP contribution in [-0.4, -0.2) is 6.71 Å². The van der Waals surface area contributed by atoms with Gasteiger partial charge in [-0.3, -0.25) is 0 Å². The van der Waals surface area contributed by atoms with Crippen molar-refractivity contribution >= 4 is 23.1 Å². The zero-order valence-corrected chi connectivity index (χ0v) is 12.8. The minimum absolute atomic E-state index is 0.0419. The van der Waals surface area contributed by atoms with Crippen molar-refractivity contribution in [3.63, 3.8) is 0 Å². The summed E-state index contributed by atoms with van der Waals surface area (Å²) in [7, 11) is 0. The molecule has 0 fully saturated rings. The van der Waals surface area contributed by atoms with Gasteiger partial charge in [-0.25, -0.2) is 0 Å². The van der Waals surface area contributed by atoms with E-state index < -0.39 is 38.1 Å². The molecule has 0 spiro atoms. The lowest BCUT2D eigenvalue weighted by Crippen LogP contribution is -2.57. The van der Waals surface area contributed by atoms with Gasteiger partial charge in [0.05, 0.1) is 4.11 Å². The van der Waals surface area contributed by atoms with Crippen LogP contribution in [0.5, 0.6) is 23.0 Å². The normalized spacial score (nSPS) is 19.9. The van der Waals surface area contributed by atoms with Crippen molar-refractivity contribution in [1.82, 2.24) is 0 Å². The molecule has 2 aliphatic heterocycles. The highest BCUT2D eigenvalue weighted by Gasteiger charge is 2.40. The maximum absolute atomic E-state index is 8.74. The van der Waals surface area contributed by atoms with E-state index in [0.717, 1.165) is 5.56 Å². The zero-order chi connectivity index (χ0) is 24.0. The highest BCUT2D eigenvalue weighted by Crippen LogP contribution is 2.35. The van der Waals surface area contributed by atoms with Crippen molar-refractivity contribution in [2.45, 2.75) is 20.6 Å². The smallest absolute Gasteiger partial charge is 0.260 e. The summed E-state index contributed by atoms with van der Waals surface area (Å²) in [6.45, 7) is -4.01. The molecule has 0 N–H and O–H groups in total. The second-order valence-corrected chi connectivity index (χ2v) is 6.06. The Morgan fingerprint density at radius 1 is 0.833 bits per heavy atom. The first-order valence-electron chi connectivity index (χ1n) is 12.1. The summed E-state index contributed by atoms with van der Waals surface area (Å²) in [5.74, 6) is 1.04. The quantitative estimate of drug-likeness (QED) is 0.407. The SMILES string of the molecule is [2H]c1c([2H])c(C([2H])([2H])[2H])c([2H])c2c1Oc1cc(C)cc3c1B2c1ccc(C([2H])([2H])[2H])cc1O3. The monoisotopic (exact) mass is 321 g/mol. The molecule has 0 aliphatic carbocycles. The Hall–Kier alpha value is -2.68. The molecular weight excluding hydrogens is 295 g/mol. The second kappa shape index (κ2) is 4.67. The Labute approximate surface area is 154 Å². The maximum Gasteiger partial charge on any atom is 0.260 e. The minimum Gasteiger partial charge on any atom is -0.458 e. The summed E-state index contributed by atoms with van der Waals surface area (Å²) < 4.78 is 84.2. The summed E-state index contributed by atoms with van der Waals surface area (Å²) in [5, 5.41) is 0. The molecule has 3 aromatic carbocycles. The predicted octanol–water partition coefficient (Wildman–Crippen LogP) is 3.34. The van der Waals surface area contributed by atoms with Crippen LogP contribution in [0.25, 0.3) is 0 Å². The Morgan fingerprint density at radius 2 is 1.58 bits per heavy atom. The fraction of sp³-hybridized carbons (Fsp3) is 0.143. The van der Waals surface area contributed by atoms with E-state index in [1.807, 2.05) is 6.92 Å². The summed E-state index contributed by atoms with van der Waals surface area (Å²) in [6.07, 6.45) is 0. The number of ether oxygens (including phenoxy) is 2.